The summed E-state index contributed by atoms with van der Waals surface area (Å²) in [6, 6.07) is 8.59. The van der Waals surface area contributed by atoms with Gasteiger partial charge in [-0.3, -0.25) is 4.79 Å². The zero-order valence-corrected chi connectivity index (χ0v) is 15.6. The first-order chi connectivity index (χ1) is 10.5. The standard InChI is InChI=1S/C17H26N2O2S.ClH/c1-12(2)22-16-6-4-14(5-7-16)13(3)19-17(20)10-15-11-21-9-8-18-15;/h4-7,12-13,15,18H,8-11H2,1-3H3,(H,19,20);1H. The normalized spacial score (nSPS) is 19.0. The first-order valence-electron chi connectivity index (χ1n) is 7.91. The van der Waals surface area contributed by atoms with Gasteiger partial charge in [0, 0.05) is 29.2 Å². The van der Waals surface area contributed by atoms with Gasteiger partial charge in [-0.1, -0.05) is 26.0 Å². The van der Waals surface area contributed by atoms with Crippen LogP contribution in [0.25, 0.3) is 0 Å². The van der Waals surface area contributed by atoms with Crippen LogP contribution in [0.1, 0.15) is 38.8 Å². The zero-order valence-electron chi connectivity index (χ0n) is 14.0. The SMILES string of the molecule is CC(C)Sc1ccc(C(C)NC(=O)CC2COCCN2)cc1.Cl. The summed E-state index contributed by atoms with van der Waals surface area (Å²) < 4.78 is 5.37. The maximum absolute atomic E-state index is 12.1. The van der Waals surface area contributed by atoms with E-state index in [1.54, 1.807) is 0 Å². The predicted octanol–water partition coefficient (Wildman–Crippen LogP) is 3.16. The minimum atomic E-state index is 0. The summed E-state index contributed by atoms with van der Waals surface area (Å²) in [6.07, 6.45) is 0.464. The largest absolute Gasteiger partial charge is 0.378 e. The van der Waals surface area contributed by atoms with Crippen molar-refractivity contribution in [3.63, 3.8) is 0 Å². The number of rotatable bonds is 6. The Hall–Kier alpha value is -0.750. The Kier molecular flexibility index (Phi) is 8.99. The van der Waals surface area contributed by atoms with Gasteiger partial charge in [0.25, 0.3) is 0 Å². The Morgan fingerprint density at radius 1 is 1.35 bits per heavy atom. The topological polar surface area (TPSA) is 50.4 Å². The van der Waals surface area contributed by atoms with E-state index in [1.165, 1.54) is 4.90 Å². The molecule has 4 nitrogen and oxygen atoms in total. The van der Waals surface area contributed by atoms with Gasteiger partial charge in [-0.15, -0.1) is 24.2 Å². The van der Waals surface area contributed by atoms with E-state index in [0.717, 1.165) is 18.7 Å². The fourth-order valence-corrected chi connectivity index (χ4v) is 3.30. The summed E-state index contributed by atoms with van der Waals surface area (Å²) in [4.78, 5) is 13.4. The lowest BCUT2D eigenvalue weighted by atomic mass is 10.1. The number of amides is 1. The van der Waals surface area contributed by atoms with E-state index in [2.05, 4.69) is 48.7 Å². The summed E-state index contributed by atoms with van der Waals surface area (Å²) in [5, 5.41) is 6.94. The van der Waals surface area contributed by atoms with Crippen LogP contribution in [-0.2, 0) is 9.53 Å². The second-order valence-electron chi connectivity index (χ2n) is 5.95. The van der Waals surface area contributed by atoms with E-state index < -0.39 is 0 Å². The Morgan fingerprint density at radius 3 is 2.61 bits per heavy atom. The molecule has 1 aliphatic rings. The average molecular weight is 359 g/mol. The lowest BCUT2D eigenvalue weighted by Gasteiger charge is -2.24. The highest BCUT2D eigenvalue weighted by atomic mass is 35.5. The van der Waals surface area contributed by atoms with Crippen molar-refractivity contribution in [1.82, 2.24) is 10.6 Å². The molecule has 0 saturated carbocycles. The van der Waals surface area contributed by atoms with E-state index in [1.807, 2.05) is 18.7 Å². The van der Waals surface area contributed by atoms with Gasteiger partial charge in [-0.05, 0) is 24.6 Å². The molecule has 2 unspecified atom stereocenters. The van der Waals surface area contributed by atoms with Gasteiger partial charge < -0.3 is 15.4 Å². The van der Waals surface area contributed by atoms with Crippen molar-refractivity contribution in [3.8, 4) is 0 Å². The van der Waals surface area contributed by atoms with Crippen molar-refractivity contribution in [2.24, 2.45) is 0 Å². The van der Waals surface area contributed by atoms with Gasteiger partial charge in [-0.2, -0.15) is 0 Å². The second-order valence-corrected chi connectivity index (χ2v) is 7.60. The highest BCUT2D eigenvalue weighted by Gasteiger charge is 2.18. The molecule has 6 heteroatoms. The fourth-order valence-electron chi connectivity index (χ4n) is 2.47. The van der Waals surface area contributed by atoms with Crippen LogP contribution in [0, 0.1) is 0 Å². The maximum atomic E-state index is 12.1. The average Bonchev–Trinajstić information content (AvgIpc) is 2.48. The number of ether oxygens (including phenoxy) is 1. The van der Waals surface area contributed by atoms with Crippen LogP contribution in [0.15, 0.2) is 29.2 Å². The van der Waals surface area contributed by atoms with Crippen molar-refractivity contribution in [2.75, 3.05) is 19.8 Å². The molecule has 130 valence electrons. The van der Waals surface area contributed by atoms with Gasteiger partial charge in [-0.25, -0.2) is 0 Å². The van der Waals surface area contributed by atoms with Gasteiger partial charge >= 0.3 is 0 Å². The summed E-state index contributed by atoms with van der Waals surface area (Å²) in [6.45, 7) is 8.56. The van der Waals surface area contributed by atoms with Gasteiger partial charge in [0.05, 0.1) is 19.3 Å². The second kappa shape index (κ2) is 10.2. The number of thioether (sulfide) groups is 1. The Labute approximate surface area is 149 Å². The first kappa shape index (κ1) is 20.3. The van der Waals surface area contributed by atoms with E-state index in [0.29, 0.717) is 18.3 Å². The summed E-state index contributed by atoms with van der Waals surface area (Å²) in [7, 11) is 0. The molecule has 0 spiro atoms. The minimum Gasteiger partial charge on any atom is -0.378 e. The van der Waals surface area contributed by atoms with Crippen molar-refractivity contribution in [1.29, 1.82) is 0 Å². The monoisotopic (exact) mass is 358 g/mol. The van der Waals surface area contributed by atoms with Crippen LogP contribution in [0.3, 0.4) is 0 Å². The molecule has 1 saturated heterocycles. The van der Waals surface area contributed by atoms with Crippen LogP contribution >= 0.6 is 24.2 Å². The maximum Gasteiger partial charge on any atom is 0.222 e. The summed E-state index contributed by atoms with van der Waals surface area (Å²) >= 11 is 1.85. The molecule has 23 heavy (non-hydrogen) atoms. The molecule has 1 aliphatic heterocycles. The van der Waals surface area contributed by atoms with Crippen molar-refractivity contribution in [2.45, 2.75) is 49.4 Å². The summed E-state index contributed by atoms with van der Waals surface area (Å²) in [5.41, 5.74) is 1.13. The molecule has 0 radical (unpaired) electrons. The van der Waals surface area contributed by atoms with Crippen LogP contribution in [0.4, 0.5) is 0 Å². The van der Waals surface area contributed by atoms with E-state index in [4.69, 9.17) is 4.74 Å². The number of carbonyl (C=O) groups is 1. The molecule has 1 amide bonds. The highest BCUT2D eigenvalue weighted by Crippen LogP contribution is 2.24. The number of benzene rings is 1. The van der Waals surface area contributed by atoms with Crippen molar-refractivity contribution < 1.29 is 9.53 Å². The third kappa shape index (κ3) is 7.12. The van der Waals surface area contributed by atoms with Crippen molar-refractivity contribution >= 4 is 30.1 Å². The number of hydrogen-bond donors (Lipinski definition) is 2. The molecule has 1 heterocycles. The lowest BCUT2D eigenvalue weighted by Crippen LogP contribution is -2.44. The van der Waals surface area contributed by atoms with Gasteiger partial charge in [0.1, 0.15) is 0 Å². The third-order valence-electron chi connectivity index (χ3n) is 3.56. The molecule has 0 aromatic heterocycles. The molecular weight excluding hydrogens is 332 g/mol. The zero-order chi connectivity index (χ0) is 15.9. The summed E-state index contributed by atoms with van der Waals surface area (Å²) in [5.74, 6) is 0.0659. The number of nitrogens with one attached hydrogen (secondary N) is 2. The molecule has 0 aliphatic carbocycles. The molecule has 2 atom stereocenters. The smallest absolute Gasteiger partial charge is 0.222 e. The van der Waals surface area contributed by atoms with Crippen LogP contribution in [0.2, 0.25) is 0 Å². The number of morpholine rings is 1. The quantitative estimate of drug-likeness (QED) is 0.767. The lowest BCUT2D eigenvalue weighted by molar-refractivity contribution is -0.122. The van der Waals surface area contributed by atoms with Crippen LogP contribution < -0.4 is 10.6 Å². The predicted molar refractivity (Wildman–Crippen MR) is 98.5 cm³/mol. The number of hydrogen-bond acceptors (Lipinski definition) is 4. The molecule has 0 bridgehead atoms. The molecule has 1 fully saturated rings. The minimum absolute atomic E-state index is 0. The van der Waals surface area contributed by atoms with E-state index in [9.17, 15) is 4.79 Å². The van der Waals surface area contributed by atoms with Gasteiger partial charge in [0.15, 0.2) is 0 Å². The third-order valence-corrected chi connectivity index (χ3v) is 4.58. The number of halogens is 1. The fraction of sp³-hybridized carbons (Fsp3) is 0.588. The first-order valence-corrected chi connectivity index (χ1v) is 8.79. The molecule has 1 aromatic rings. The van der Waals surface area contributed by atoms with Crippen LogP contribution in [0.5, 0.6) is 0 Å². The highest BCUT2D eigenvalue weighted by molar-refractivity contribution is 7.99. The number of carbonyl (C=O) groups excluding carboxylic acids is 1. The molecule has 2 rings (SSSR count). The molecular formula is C17H27ClN2O2S. The molecule has 1 aromatic carbocycles. The van der Waals surface area contributed by atoms with E-state index >= 15 is 0 Å². The van der Waals surface area contributed by atoms with Gasteiger partial charge in [0.2, 0.25) is 5.91 Å². The van der Waals surface area contributed by atoms with Crippen LogP contribution in [-0.4, -0.2) is 37.0 Å². The van der Waals surface area contributed by atoms with Crippen molar-refractivity contribution in [3.05, 3.63) is 29.8 Å². The molecule has 2 N–H and O–H groups in total. The van der Waals surface area contributed by atoms with E-state index in [-0.39, 0.29) is 30.4 Å². The Balaban J connectivity index is 0.00000264. The Morgan fingerprint density at radius 2 is 2.04 bits per heavy atom. The Bertz CT molecular complexity index is 476.